The summed E-state index contributed by atoms with van der Waals surface area (Å²) in [4.78, 5) is 0. The Balaban J connectivity index is 2.02. The van der Waals surface area contributed by atoms with Crippen LogP contribution in [0.3, 0.4) is 0 Å². The highest BCUT2D eigenvalue weighted by Gasteiger charge is 2.05. The number of hydrogen-bond donors (Lipinski definition) is 1. The van der Waals surface area contributed by atoms with Crippen LogP contribution in [0.15, 0.2) is 42.5 Å². The zero-order chi connectivity index (χ0) is 15.1. The van der Waals surface area contributed by atoms with E-state index < -0.39 is 11.6 Å². The summed E-state index contributed by atoms with van der Waals surface area (Å²) in [5.41, 5.74) is 2.13. The summed E-state index contributed by atoms with van der Waals surface area (Å²) in [7, 11) is 0. The van der Waals surface area contributed by atoms with Crippen LogP contribution in [-0.4, -0.2) is 6.54 Å². The molecule has 2 nitrogen and oxygen atoms in total. The zero-order valence-electron chi connectivity index (χ0n) is 12.0. The van der Waals surface area contributed by atoms with E-state index in [2.05, 4.69) is 12.2 Å². The number of rotatable bonds is 7. The van der Waals surface area contributed by atoms with Crippen LogP contribution < -0.4 is 10.1 Å². The molecule has 0 saturated heterocycles. The van der Waals surface area contributed by atoms with Crippen molar-refractivity contribution >= 4 is 0 Å². The lowest BCUT2D eigenvalue weighted by molar-refractivity contribution is 0.301. The average Bonchev–Trinajstić information content (AvgIpc) is 2.45. The van der Waals surface area contributed by atoms with E-state index in [1.54, 1.807) is 0 Å². The minimum atomic E-state index is -0.636. The van der Waals surface area contributed by atoms with Gasteiger partial charge in [0.25, 0.3) is 0 Å². The van der Waals surface area contributed by atoms with Gasteiger partial charge in [0.15, 0.2) is 0 Å². The highest BCUT2D eigenvalue weighted by atomic mass is 19.1. The van der Waals surface area contributed by atoms with Crippen LogP contribution in [0.25, 0.3) is 0 Å². The van der Waals surface area contributed by atoms with Gasteiger partial charge < -0.3 is 10.1 Å². The largest absolute Gasteiger partial charge is 0.489 e. The van der Waals surface area contributed by atoms with Crippen LogP contribution in [-0.2, 0) is 13.2 Å². The highest BCUT2D eigenvalue weighted by Crippen LogP contribution is 2.18. The Labute approximate surface area is 123 Å². The molecular formula is C17H19F2NO. The first-order valence-corrected chi connectivity index (χ1v) is 7.05. The van der Waals surface area contributed by atoms with Crippen LogP contribution in [0.5, 0.6) is 5.75 Å². The van der Waals surface area contributed by atoms with Gasteiger partial charge in [-0.05, 0) is 24.1 Å². The number of halogens is 2. The monoisotopic (exact) mass is 291 g/mol. The summed E-state index contributed by atoms with van der Waals surface area (Å²) in [5.74, 6) is -1.07. The third-order valence-electron chi connectivity index (χ3n) is 3.09. The molecule has 21 heavy (non-hydrogen) atoms. The van der Waals surface area contributed by atoms with Crippen LogP contribution >= 0.6 is 0 Å². The molecule has 0 bridgehead atoms. The van der Waals surface area contributed by atoms with E-state index in [4.69, 9.17) is 4.74 Å². The van der Waals surface area contributed by atoms with Gasteiger partial charge in [0.05, 0.1) is 0 Å². The molecule has 0 aromatic heterocycles. The Morgan fingerprint density at radius 1 is 1.00 bits per heavy atom. The second kappa shape index (κ2) is 7.74. The highest BCUT2D eigenvalue weighted by molar-refractivity contribution is 5.28. The first-order valence-electron chi connectivity index (χ1n) is 7.05. The Hall–Kier alpha value is -1.94. The minimum absolute atomic E-state index is 0.198. The van der Waals surface area contributed by atoms with E-state index >= 15 is 0 Å². The molecule has 0 fully saturated rings. The molecule has 0 aliphatic heterocycles. The standard InChI is InChI=1S/C17H19F2NO/c1-2-7-20-11-13-5-3-4-6-14(13)12-21-17-9-15(18)8-16(19)10-17/h3-6,8-10,20H,2,7,11-12H2,1H3. The fourth-order valence-electron chi connectivity index (χ4n) is 2.04. The Morgan fingerprint density at radius 2 is 1.67 bits per heavy atom. The van der Waals surface area contributed by atoms with Gasteiger partial charge in [0.1, 0.15) is 24.0 Å². The van der Waals surface area contributed by atoms with E-state index in [0.717, 1.165) is 36.7 Å². The summed E-state index contributed by atoms with van der Waals surface area (Å²) in [6, 6.07) is 11.1. The van der Waals surface area contributed by atoms with Crippen molar-refractivity contribution in [2.75, 3.05) is 6.54 Å². The fraction of sp³-hybridized carbons (Fsp3) is 0.294. The molecule has 0 spiro atoms. The molecule has 112 valence electrons. The lowest BCUT2D eigenvalue weighted by atomic mass is 10.1. The summed E-state index contributed by atoms with van der Waals surface area (Å²) >= 11 is 0. The summed E-state index contributed by atoms with van der Waals surface area (Å²) < 4.78 is 31.7. The zero-order valence-corrected chi connectivity index (χ0v) is 12.0. The normalized spacial score (nSPS) is 10.6. The van der Waals surface area contributed by atoms with Crippen molar-refractivity contribution in [3.63, 3.8) is 0 Å². The van der Waals surface area contributed by atoms with Gasteiger partial charge >= 0.3 is 0 Å². The van der Waals surface area contributed by atoms with Gasteiger partial charge in [-0.15, -0.1) is 0 Å². The van der Waals surface area contributed by atoms with Crippen molar-refractivity contribution in [1.29, 1.82) is 0 Å². The molecular weight excluding hydrogens is 272 g/mol. The molecule has 0 aliphatic rings. The molecule has 0 saturated carbocycles. The summed E-state index contributed by atoms with van der Waals surface area (Å²) in [6.07, 6.45) is 1.07. The summed E-state index contributed by atoms with van der Waals surface area (Å²) in [5, 5.41) is 3.33. The second-order valence-corrected chi connectivity index (χ2v) is 4.84. The number of hydrogen-bond acceptors (Lipinski definition) is 2. The van der Waals surface area contributed by atoms with Gasteiger partial charge in [-0.2, -0.15) is 0 Å². The van der Waals surface area contributed by atoms with Crippen molar-refractivity contribution in [3.8, 4) is 5.75 Å². The molecule has 0 amide bonds. The van der Waals surface area contributed by atoms with Crippen molar-refractivity contribution in [2.24, 2.45) is 0 Å². The molecule has 2 rings (SSSR count). The van der Waals surface area contributed by atoms with E-state index in [0.29, 0.717) is 0 Å². The molecule has 0 aliphatic carbocycles. The molecule has 1 N–H and O–H groups in total. The Kier molecular flexibility index (Phi) is 5.69. The second-order valence-electron chi connectivity index (χ2n) is 4.84. The molecule has 2 aromatic carbocycles. The first kappa shape index (κ1) is 15.4. The predicted molar refractivity (Wildman–Crippen MR) is 79.1 cm³/mol. The molecule has 0 heterocycles. The molecule has 2 aromatic rings. The Morgan fingerprint density at radius 3 is 2.33 bits per heavy atom. The van der Waals surface area contributed by atoms with Crippen LogP contribution in [0.2, 0.25) is 0 Å². The maximum Gasteiger partial charge on any atom is 0.129 e. The SMILES string of the molecule is CCCNCc1ccccc1COc1cc(F)cc(F)c1. The molecule has 4 heteroatoms. The third-order valence-corrected chi connectivity index (χ3v) is 3.09. The van der Waals surface area contributed by atoms with Gasteiger partial charge in [0, 0.05) is 24.7 Å². The number of ether oxygens (including phenoxy) is 1. The van der Waals surface area contributed by atoms with Gasteiger partial charge in [-0.3, -0.25) is 0 Å². The average molecular weight is 291 g/mol. The van der Waals surface area contributed by atoms with Crippen molar-refractivity contribution in [1.82, 2.24) is 5.32 Å². The Bertz CT molecular complexity index is 567. The van der Waals surface area contributed by atoms with Crippen molar-refractivity contribution in [3.05, 3.63) is 65.2 Å². The maximum absolute atomic E-state index is 13.1. The molecule has 0 atom stereocenters. The topological polar surface area (TPSA) is 21.3 Å². The van der Waals surface area contributed by atoms with Crippen LogP contribution in [0, 0.1) is 11.6 Å². The fourth-order valence-corrected chi connectivity index (χ4v) is 2.04. The first-order chi connectivity index (χ1) is 10.2. The van der Waals surface area contributed by atoms with E-state index in [-0.39, 0.29) is 12.4 Å². The number of benzene rings is 2. The third kappa shape index (κ3) is 4.83. The molecule has 0 unspecified atom stereocenters. The van der Waals surface area contributed by atoms with E-state index in [1.807, 2.05) is 24.3 Å². The van der Waals surface area contributed by atoms with Crippen LogP contribution in [0.1, 0.15) is 24.5 Å². The predicted octanol–water partition coefficient (Wildman–Crippen LogP) is 4.04. The number of nitrogens with one attached hydrogen (secondary N) is 1. The van der Waals surface area contributed by atoms with Crippen LogP contribution in [0.4, 0.5) is 8.78 Å². The van der Waals surface area contributed by atoms with Gasteiger partial charge in [-0.1, -0.05) is 31.2 Å². The van der Waals surface area contributed by atoms with E-state index in [1.165, 1.54) is 12.1 Å². The smallest absolute Gasteiger partial charge is 0.129 e. The van der Waals surface area contributed by atoms with E-state index in [9.17, 15) is 8.78 Å². The minimum Gasteiger partial charge on any atom is -0.489 e. The van der Waals surface area contributed by atoms with Gasteiger partial charge in [0.2, 0.25) is 0 Å². The van der Waals surface area contributed by atoms with Gasteiger partial charge in [-0.25, -0.2) is 8.78 Å². The lowest BCUT2D eigenvalue weighted by Gasteiger charge is -2.12. The van der Waals surface area contributed by atoms with Crippen molar-refractivity contribution in [2.45, 2.75) is 26.5 Å². The molecule has 0 radical (unpaired) electrons. The maximum atomic E-state index is 13.1. The summed E-state index contributed by atoms with van der Waals surface area (Å²) in [6.45, 7) is 4.10. The quantitative estimate of drug-likeness (QED) is 0.777. The lowest BCUT2D eigenvalue weighted by Crippen LogP contribution is -2.15. The van der Waals surface area contributed by atoms with Crippen molar-refractivity contribution < 1.29 is 13.5 Å².